The number of aromatic hydroxyl groups is 1. The third kappa shape index (κ3) is 2.90. The molecule has 1 aromatic carbocycles. The molecule has 2 aromatic rings. The van der Waals surface area contributed by atoms with Crippen molar-refractivity contribution in [1.82, 2.24) is 9.97 Å². The summed E-state index contributed by atoms with van der Waals surface area (Å²) in [4.78, 5) is 8.31. The van der Waals surface area contributed by atoms with Crippen LogP contribution < -0.4 is 4.74 Å². The molecule has 1 heterocycles. The first-order valence-corrected chi connectivity index (χ1v) is 5.93. The average molecular weight is 265 g/mol. The van der Waals surface area contributed by atoms with Gasteiger partial charge < -0.3 is 9.84 Å². The first-order chi connectivity index (χ1) is 8.56. The molecule has 0 saturated heterocycles. The number of nitrogens with zero attached hydrogens (tertiary/aromatic N) is 2. The van der Waals surface area contributed by atoms with Crippen molar-refractivity contribution in [3.63, 3.8) is 0 Å². The smallest absolute Gasteiger partial charge is 0.218 e. The van der Waals surface area contributed by atoms with Crippen molar-refractivity contribution in [2.24, 2.45) is 0 Å². The van der Waals surface area contributed by atoms with Crippen LogP contribution in [-0.4, -0.2) is 21.2 Å². The van der Waals surface area contributed by atoms with Gasteiger partial charge in [0, 0.05) is 6.07 Å². The predicted molar refractivity (Wildman–Crippen MR) is 69.9 cm³/mol. The van der Waals surface area contributed by atoms with Gasteiger partial charge in [0.05, 0.1) is 11.7 Å². The van der Waals surface area contributed by atoms with Gasteiger partial charge in [-0.25, -0.2) is 4.98 Å². The molecule has 0 unspecified atom stereocenters. The van der Waals surface area contributed by atoms with Gasteiger partial charge in [0.1, 0.15) is 10.9 Å². The van der Waals surface area contributed by atoms with Gasteiger partial charge in [-0.3, -0.25) is 0 Å². The van der Waals surface area contributed by atoms with Crippen molar-refractivity contribution in [3.8, 4) is 23.0 Å². The molecule has 0 saturated carbocycles. The molecule has 0 aliphatic heterocycles. The second-order valence-corrected chi connectivity index (χ2v) is 4.42. The molecule has 4 nitrogen and oxygen atoms in total. The van der Waals surface area contributed by atoms with Gasteiger partial charge >= 0.3 is 0 Å². The summed E-state index contributed by atoms with van der Waals surface area (Å²) in [7, 11) is 0. The van der Waals surface area contributed by atoms with Gasteiger partial charge in [0.25, 0.3) is 0 Å². The number of para-hydroxylation sites is 1. The first kappa shape index (κ1) is 12.6. The van der Waals surface area contributed by atoms with E-state index in [1.54, 1.807) is 30.3 Å². The highest BCUT2D eigenvalue weighted by Gasteiger charge is 2.10. The maximum absolute atomic E-state index is 9.76. The van der Waals surface area contributed by atoms with Gasteiger partial charge in [-0.15, -0.1) is 0 Å². The minimum absolute atomic E-state index is 0.00631. The summed E-state index contributed by atoms with van der Waals surface area (Å²) in [6.07, 6.45) is -0.00631. The van der Waals surface area contributed by atoms with Gasteiger partial charge in [-0.05, 0) is 26.0 Å². The van der Waals surface area contributed by atoms with Crippen LogP contribution in [0.3, 0.4) is 0 Å². The van der Waals surface area contributed by atoms with E-state index < -0.39 is 0 Å². The maximum Gasteiger partial charge on any atom is 0.218 e. The van der Waals surface area contributed by atoms with Crippen molar-refractivity contribution < 1.29 is 9.84 Å². The Morgan fingerprint density at radius 1 is 1.22 bits per heavy atom. The number of hydrogen-bond donors (Lipinski definition) is 1. The quantitative estimate of drug-likeness (QED) is 0.865. The van der Waals surface area contributed by atoms with Crippen molar-refractivity contribution >= 4 is 11.6 Å². The van der Waals surface area contributed by atoms with Crippen molar-refractivity contribution in [1.29, 1.82) is 0 Å². The SMILES string of the molecule is CC(C)Oc1cc(Cl)nc(-c2ccccc2O)n1. The summed E-state index contributed by atoms with van der Waals surface area (Å²) >= 11 is 5.92. The fraction of sp³-hybridized carbons (Fsp3) is 0.231. The van der Waals surface area contributed by atoms with Crippen LogP contribution in [0.15, 0.2) is 30.3 Å². The van der Waals surface area contributed by atoms with Gasteiger partial charge in [-0.2, -0.15) is 4.98 Å². The van der Waals surface area contributed by atoms with E-state index in [-0.39, 0.29) is 17.0 Å². The van der Waals surface area contributed by atoms with Crippen LogP contribution in [0.2, 0.25) is 5.15 Å². The number of phenols is 1. The van der Waals surface area contributed by atoms with E-state index in [1.165, 1.54) is 0 Å². The fourth-order valence-electron chi connectivity index (χ4n) is 1.48. The van der Waals surface area contributed by atoms with Crippen LogP contribution in [0, 0.1) is 0 Å². The zero-order valence-corrected chi connectivity index (χ0v) is 10.8. The largest absolute Gasteiger partial charge is 0.507 e. The Hall–Kier alpha value is -1.81. The van der Waals surface area contributed by atoms with E-state index in [0.29, 0.717) is 17.3 Å². The number of halogens is 1. The Bertz CT molecular complexity index is 558. The molecule has 18 heavy (non-hydrogen) atoms. The second kappa shape index (κ2) is 5.23. The number of rotatable bonds is 3. The lowest BCUT2D eigenvalue weighted by molar-refractivity contribution is 0.232. The number of ether oxygens (including phenoxy) is 1. The monoisotopic (exact) mass is 264 g/mol. The number of phenolic OH excluding ortho intramolecular Hbond substituents is 1. The summed E-state index contributed by atoms with van der Waals surface area (Å²) in [5.41, 5.74) is 0.522. The maximum atomic E-state index is 9.76. The molecule has 1 N–H and O–H groups in total. The predicted octanol–water partition coefficient (Wildman–Crippen LogP) is 3.29. The van der Waals surface area contributed by atoms with E-state index in [0.717, 1.165) is 0 Å². The highest BCUT2D eigenvalue weighted by Crippen LogP contribution is 2.28. The molecule has 1 aromatic heterocycles. The van der Waals surface area contributed by atoms with E-state index in [1.807, 2.05) is 13.8 Å². The molecular weight excluding hydrogens is 252 g/mol. The molecule has 0 radical (unpaired) electrons. The highest BCUT2D eigenvalue weighted by atomic mass is 35.5. The normalized spacial score (nSPS) is 10.7. The molecule has 0 fully saturated rings. The fourth-order valence-corrected chi connectivity index (χ4v) is 1.66. The first-order valence-electron chi connectivity index (χ1n) is 5.56. The Labute approximate surface area is 110 Å². The van der Waals surface area contributed by atoms with Crippen molar-refractivity contribution in [3.05, 3.63) is 35.5 Å². The molecule has 0 amide bonds. The summed E-state index contributed by atoms with van der Waals surface area (Å²) in [6.45, 7) is 3.80. The lowest BCUT2D eigenvalue weighted by Crippen LogP contribution is -2.07. The third-order valence-corrected chi connectivity index (χ3v) is 2.37. The van der Waals surface area contributed by atoms with Gasteiger partial charge in [-0.1, -0.05) is 23.7 Å². The van der Waals surface area contributed by atoms with E-state index in [9.17, 15) is 5.11 Å². The van der Waals surface area contributed by atoms with E-state index in [4.69, 9.17) is 16.3 Å². The van der Waals surface area contributed by atoms with E-state index >= 15 is 0 Å². The highest BCUT2D eigenvalue weighted by molar-refractivity contribution is 6.29. The molecule has 0 aliphatic rings. The zero-order chi connectivity index (χ0) is 13.1. The van der Waals surface area contributed by atoms with Crippen LogP contribution in [-0.2, 0) is 0 Å². The van der Waals surface area contributed by atoms with Crippen LogP contribution >= 0.6 is 11.6 Å². The molecule has 0 aliphatic carbocycles. The van der Waals surface area contributed by atoms with Crippen LogP contribution in [0.4, 0.5) is 0 Å². The van der Waals surface area contributed by atoms with Gasteiger partial charge in [0.2, 0.25) is 5.88 Å². The molecule has 0 bridgehead atoms. The lowest BCUT2D eigenvalue weighted by Gasteiger charge is -2.10. The van der Waals surface area contributed by atoms with Gasteiger partial charge in [0.15, 0.2) is 5.82 Å². The average Bonchev–Trinajstić information content (AvgIpc) is 2.27. The van der Waals surface area contributed by atoms with Crippen molar-refractivity contribution in [2.45, 2.75) is 20.0 Å². The van der Waals surface area contributed by atoms with Crippen LogP contribution in [0.25, 0.3) is 11.4 Å². The Kier molecular flexibility index (Phi) is 3.67. The molecule has 2 rings (SSSR count). The molecular formula is C13H13ClN2O2. The molecule has 0 spiro atoms. The van der Waals surface area contributed by atoms with Crippen LogP contribution in [0.1, 0.15) is 13.8 Å². The minimum atomic E-state index is -0.00631. The number of aromatic nitrogens is 2. The molecule has 5 heteroatoms. The van der Waals surface area contributed by atoms with E-state index in [2.05, 4.69) is 9.97 Å². The standard InChI is InChI=1S/C13H13ClN2O2/c1-8(2)18-12-7-11(14)15-13(16-12)9-5-3-4-6-10(9)17/h3-8,17H,1-2H3. The minimum Gasteiger partial charge on any atom is -0.507 e. The topological polar surface area (TPSA) is 55.2 Å². The van der Waals surface area contributed by atoms with Crippen LogP contribution in [0.5, 0.6) is 11.6 Å². The Morgan fingerprint density at radius 3 is 2.61 bits per heavy atom. The van der Waals surface area contributed by atoms with Crippen molar-refractivity contribution in [2.75, 3.05) is 0 Å². The summed E-state index contributed by atoms with van der Waals surface area (Å²) < 4.78 is 5.48. The summed E-state index contributed by atoms with van der Waals surface area (Å²) in [5.74, 6) is 0.842. The summed E-state index contributed by atoms with van der Waals surface area (Å²) in [5, 5.41) is 10.0. The Morgan fingerprint density at radius 2 is 1.94 bits per heavy atom. The summed E-state index contributed by atoms with van der Waals surface area (Å²) in [6, 6.07) is 8.37. The Balaban J connectivity index is 2.45. The number of hydrogen-bond acceptors (Lipinski definition) is 4. The zero-order valence-electron chi connectivity index (χ0n) is 10.1. The third-order valence-electron chi connectivity index (χ3n) is 2.17. The second-order valence-electron chi connectivity index (χ2n) is 4.04. The number of benzene rings is 1. The molecule has 94 valence electrons. The molecule has 0 atom stereocenters. The lowest BCUT2D eigenvalue weighted by atomic mass is 10.2.